The number of carbonyl (C=O) groups excluding carboxylic acids is 1. The van der Waals surface area contributed by atoms with Crippen LogP contribution >= 0.6 is 23.4 Å². The lowest BCUT2D eigenvalue weighted by Gasteiger charge is -2.10. The number of methoxy groups -OCH3 is 1. The van der Waals surface area contributed by atoms with Crippen LogP contribution in [0, 0.1) is 6.92 Å². The van der Waals surface area contributed by atoms with Crippen molar-refractivity contribution in [3.8, 4) is 0 Å². The molecule has 1 heterocycles. The molecule has 0 amide bonds. The number of nitrogens with two attached hydrogens (primary N) is 1. The van der Waals surface area contributed by atoms with Crippen molar-refractivity contribution in [3.63, 3.8) is 0 Å². The van der Waals surface area contributed by atoms with Crippen LogP contribution in [0.2, 0.25) is 5.02 Å². The molecular formula is C13H12ClN3O2S. The first-order valence-corrected chi connectivity index (χ1v) is 6.84. The third-order valence-corrected chi connectivity index (χ3v) is 3.87. The van der Waals surface area contributed by atoms with Crippen LogP contribution in [0.3, 0.4) is 0 Å². The quantitative estimate of drug-likeness (QED) is 0.533. The lowest BCUT2D eigenvalue weighted by atomic mass is 10.2. The van der Waals surface area contributed by atoms with E-state index in [1.165, 1.54) is 24.9 Å². The van der Waals surface area contributed by atoms with Crippen molar-refractivity contribution < 1.29 is 9.53 Å². The van der Waals surface area contributed by atoms with Crippen LogP contribution in [0.25, 0.3) is 0 Å². The number of esters is 1. The van der Waals surface area contributed by atoms with Crippen LogP contribution in [-0.2, 0) is 4.74 Å². The van der Waals surface area contributed by atoms with Gasteiger partial charge < -0.3 is 10.5 Å². The van der Waals surface area contributed by atoms with E-state index in [9.17, 15) is 4.79 Å². The van der Waals surface area contributed by atoms with Gasteiger partial charge in [-0.25, -0.2) is 14.8 Å². The number of hydrogen-bond acceptors (Lipinski definition) is 6. The fourth-order valence-electron chi connectivity index (χ4n) is 1.50. The number of nitrogen functional groups attached to an aromatic ring is 1. The molecule has 0 aliphatic carbocycles. The normalized spacial score (nSPS) is 10.3. The summed E-state index contributed by atoms with van der Waals surface area (Å²) in [7, 11) is 1.30. The first-order chi connectivity index (χ1) is 9.51. The van der Waals surface area contributed by atoms with E-state index in [1.807, 2.05) is 6.92 Å². The Morgan fingerprint density at radius 3 is 2.60 bits per heavy atom. The molecule has 0 spiro atoms. The van der Waals surface area contributed by atoms with E-state index in [1.54, 1.807) is 18.5 Å². The van der Waals surface area contributed by atoms with Crippen molar-refractivity contribution in [2.75, 3.05) is 12.8 Å². The Bertz CT molecular complexity index is 647. The zero-order valence-corrected chi connectivity index (χ0v) is 12.5. The van der Waals surface area contributed by atoms with Crippen LogP contribution in [0.4, 0.5) is 5.69 Å². The van der Waals surface area contributed by atoms with Crippen LogP contribution in [0.15, 0.2) is 34.6 Å². The van der Waals surface area contributed by atoms with Gasteiger partial charge in [-0.05, 0) is 36.4 Å². The summed E-state index contributed by atoms with van der Waals surface area (Å²) in [5.41, 5.74) is 7.34. The highest BCUT2D eigenvalue weighted by molar-refractivity contribution is 7.99. The summed E-state index contributed by atoms with van der Waals surface area (Å²) in [6.45, 7) is 1.89. The maximum Gasteiger partial charge on any atom is 0.339 e. The monoisotopic (exact) mass is 309 g/mol. The Labute approximate surface area is 125 Å². The number of ether oxygens (including phenoxy) is 1. The second-order valence-electron chi connectivity index (χ2n) is 4.02. The van der Waals surface area contributed by atoms with E-state index in [0.717, 1.165) is 5.56 Å². The Morgan fingerprint density at radius 1 is 1.35 bits per heavy atom. The lowest BCUT2D eigenvalue weighted by molar-refractivity contribution is 0.0597. The topological polar surface area (TPSA) is 78.1 Å². The molecule has 0 aliphatic heterocycles. The summed E-state index contributed by atoms with van der Waals surface area (Å²) in [5, 5.41) is 0.854. The maximum atomic E-state index is 11.8. The number of aromatic nitrogens is 2. The molecule has 1 aromatic carbocycles. The minimum atomic E-state index is -0.506. The van der Waals surface area contributed by atoms with Gasteiger partial charge in [0.05, 0.1) is 17.7 Å². The molecule has 0 fully saturated rings. The highest BCUT2D eigenvalue weighted by Gasteiger charge is 2.18. The van der Waals surface area contributed by atoms with Crippen LogP contribution < -0.4 is 5.73 Å². The summed E-state index contributed by atoms with van der Waals surface area (Å²) in [6.07, 6.45) is 3.39. The van der Waals surface area contributed by atoms with Gasteiger partial charge in [0.15, 0.2) is 5.16 Å². The van der Waals surface area contributed by atoms with E-state index >= 15 is 0 Å². The average molecular weight is 310 g/mol. The van der Waals surface area contributed by atoms with Gasteiger partial charge in [-0.1, -0.05) is 11.6 Å². The van der Waals surface area contributed by atoms with E-state index in [0.29, 0.717) is 26.3 Å². The molecule has 0 bridgehead atoms. The molecule has 5 nitrogen and oxygen atoms in total. The van der Waals surface area contributed by atoms with Crippen LogP contribution in [0.1, 0.15) is 15.9 Å². The highest BCUT2D eigenvalue weighted by Crippen LogP contribution is 2.36. The Balaban J connectivity index is 2.44. The molecule has 2 rings (SSSR count). The maximum absolute atomic E-state index is 11.8. The first kappa shape index (κ1) is 14.6. The second kappa shape index (κ2) is 6.11. The van der Waals surface area contributed by atoms with Gasteiger partial charge in [0.2, 0.25) is 0 Å². The zero-order chi connectivity index (χ0) is 14.7. The fourth-order valence-corrected chi connectivity index (χ4v) is 2.65. The minimum Gasteiger partial charge on any atom is -0.465 e. The number of carbonyl (C=O) groups is 1. The van der Waals surface area contributed by atoms with Crippen molar-refractivity contribution in [3.05, 3.63) is 40.7 Å². The molecule has 0 unspecified atom stereocenters. The van der Waals surface area contributed by atoms with E-state index in [2.05, 4.69) is 9.97 Å². The van der Waals surface area contributed by atoms with Crippen molar-refractivity contribution in [1.82, 2.24) is 9.97 Å². The number of nitrogens with zero attached hydrogens (tertiary/aromatic N) is 2. The van der Waals surface area contributed by atoms with Crippen molar-refractivity contribution in [1.29, 1.82) is 0 Å². The molecule has 2 N–H and O–H groups in total. The fraction of sp³-hybridized carbons (Fsp3) is 0.154. The number of hydrogen-bond donors (Lipinski definition) is 1. The summed E-state index contributed by atoms with van der Waals surface area (Å²) in [5.74, 6) is -0.506. The Kier molecular flexibility index (Phi) is 4.46. The molecule has 0 saturated carbocycles. The number of aryl methyl sites for hydroxylation is 1. The van der Waals surface area contributed by atoms with Gasteiger partial charge in [0, 0.05) is 23.0 Å². The highest BCUT2D eigenvalue weighted by atomic mass is 35.5. The number of rotatable bonds is 3. The summed E-state index contributed by atoms with van der Waals surface area (Å²) >= 11 is 7.34. The lowest BCUT2D eigenvalue weighted by Crippen LogP contribution is -2.05. The van der Waals surface area contributed by atoms with Crippen LogP contribution in [0.5, 0.6) is 0 Å². The SMILES string of the molecule is COC(=O)c1cc(N)cc(Cl)c1Sc1ncc(C)cn1. The standard InChI is InChI=1S/C13H12ClN3O2S/c1-7-5-16-13(17-6-7)20-11-9(12(18)19-2)3-8(15)4-10(11)14/h3-6H,15H2,1-2H3. The van der Waals surface area contributed by atoms with Gasteiger partial charge >= 0.3 is 5.97 Å². The molecule has 2 aromatic rings. The molecule has 7 heteroatoms. The van der Waals surface area contributed by atoms with Gasteiger partial charge in [0.1, 0.15) is 0 Å². The van der Waals surface area contributed by atoms with E-state index in [4.69, 9.17) is 22.1 Å². The van der Waals surface area contributed by atoms with Gasteiger partial charge in [-0.15, -0.1) is 0 Å². The summed E-state index contributed by atoms with van der Waals surface area (Å²) < 4.78 is 4.74. The minimum absolute atomic E-state index is 0.298. The smallest absolute Gasteiger partial charge is 0.339 e. The molecule has 0 radical (unpaired) electrons. The largest absolute Gasteiger partial charge is 0.465 e. The summed E-state index contributed by atoms with van der Waals surface area (Å²) in [4.78, 5) is 20.7. The summed E-state index contributed by atoms with van der Waals surface area (Å²) in [6, 6.07) is 3.10. The molecule has 20 heavy (non-hydrogen) atoms. The molecule has 104 valence electrons. The predicted molar refractivity (Wildman–Crippen MR) is 78.1 cm³/mol. The van der Waals surface area contributed by atoms with Gasteiger partial charge in [0.25, 0.3) is 0 Å². The van der Waals surface area contributed by atoms with Crippen LogP contribution in [-0.4, -0.2) is 23.0 Å². The number of halogens is 1. The molecule has 0 saturated heterocycles. The number of anilines is 1. The van der Waals surface area contributed by atoms with Crippen molar-refractivity contribution in [2.45, 2.75) is 17.0 Å². The third-order valence-electron chi connectivity index (χ3n) is 2.42. The molecule has 1 aromatic heterocycles. The van der Waals surface area contributed by atoms with Crippen molar-refractivity contribution >= 4 is 35.0 Å². The van der Waals surface area contributed by atoms with E-state index < -0.39 is 5.97 Å². The Hall–Kier alpha value is -1.79. The van der Waals surface area contributed by atoms with Gasteiger partial charge in [-0.3, -0.25) is 0 Å². The molecule has 0 aliphatic rings. The van der Waals surface area contributed by atoms with Gasteiger partial charge in [-0.2, -0.15) is 0 Å². The Morgan fingerprint density at radius 2 is 2.00 bits per heavy atom. The third kappa shape index (κ3) is 3.20. The predicted octanol–water partition coefficient (Wildman–Crippen LogP) is 2.96. The van der Waals surface area contributed by atoms with Crippen molar-refractivity contribution in [2.24, 2.45) is 0 Å². The molecule has 0 atom stereocenters. The van der Waals surface area contributed by atoms with E-state index in [-0.39, 0.29) is 0 Å². The molecular weight excluding hydrogens is 298 g/mol. The zero-order valence-electron chi connectivity index (χ0n) is 10.9. The second-order valence-corrected chi connectivity index (χ2v) is 5.40. The first-order valence-electron chi connectivity index (χ1n) is 5.65. The average Bonchev–Trinajstić information content (AvgIpc) is 2.42. The number of benzene rings is 1.